The van der Waals surface area contributed by atoms with Gasteiger partial charge in [-0.2, -0.15) is 0 Å². The van der Waals surface area contributed by atoms with Gasteiger partial charge in [0, 0.05) is 18.6 Å². The molecule has 1 saturated carbocycles. The number of piperidine rings is 1. The van der Waals surface area contributed by atoms with Crippen molar-refractivity contribution < 1.29 is 14.3 Å². The van der Waals surface area contributed by atoms with E-state index in [1.165, 1.54) is 12.8 Å². The highest BCUT2D eigenvalue weighted by molar-refractivity contribution is 5.68. The Kier molecular flexibility index (Phi) is 4.59. The molecular weight excluding hydrogens is 256 g/mol. The third-order valence-electron chi connectivity index (χ3n) is 4.16. The Balaban J connectivity index is 1.89. The fourth-order valence-corrected chi connectivity index (χ4v) is 2.77. The molecule has 1 saturated heterocycles. The first-order chi connectivity index (χ1) is 9.36. The first-order valence-corrected chi connectivity index (χ1v) is 7.66. The van der Waals surface area contributed by atoms with Crippen molar-refractivity contribution in [1.29, 1.82) is 0 Å². The summed E-state index contributed by atoms with van der Waals surface area (Å²) in [4.78, 5) is 13.9. The van der Waals surface area contributed by atoms with E-state index in [-0.39, 0.29) is 12.2 Å². The summed E-state index contributed by atoms with van der Waals surface area (Å²) < 4.78 is 11.4. The van der Waals surface area contributed by atoms with Crippen molar-refractivity contribution in [1.82, 2.24) is 4.90 Å². The summed E-state index contributed by atoms with van der Waals surface area (Å²) in [6.07, 6.45) is 4.28. The van der Waals surface area contributed by atoms with Crippen molar-refractivity contribution in [2.45, 2.75) is 58.2 Å². The van der Waals surface area contributed by atoms with Gasteiger partial charge in [0.15, 0.2) is 0 Å². The normalized spacial score (nSPS) is 24.8. The van der Waals surface area contributed by atoms with Gasteiger partial charge in [0.25, 0.3) is 0 Å². The van der Waals surface area contributed by atoms with Crippen LogP contribution in [0.15, 0.2) is 0 Å². The molecule has 1 atom stereocenters. The van der Waals surface area contributed by atoms with E-state index < -0.39 is 5.60 Å². The van der Waals surface area contributed by atoms with Crippen molar-refractivity contribution in [2.24, 2.45) is 11.1 Å². The molecule has 1 aliphatic heterocycles. The number of hydrogen-bond acceptors (Lipinski definition) is 4. The Morgan fingerprint density at radius 2 is 2.05 bits per heavy atom. The van der Waals surface area contributed by atoms with Crippen LogP contribution in [-0.4, -0.2) is 48.9 Å². The van der Waals surface area contributed by atoms with Gasteiger partial charge in [0.2, 0.25) is 0 Å². The zero-order valence-corrected chi connectivity index (χ0v) is 13.0. The van der Waals surface area contributed by atoms with E-state index in [4.69, 9.17) is 15.2 Å². The number of likely N-dealkylation sites (tertiary alicyclic amines) is 1. The smallest absolute Gasteiger partial charge is 0.410 e. The number of hydrogen-bond donors (Lipinski definition) is 1. The Morgan fingerprint density at radius 3 is 2.60 bits per heavy atom. The van der Waals surface area contributed by atoms with Crippen LogP contribution in [0.2, 0.25) is 0 Å². The predicted molar refractivity (Wildman–Crippen MR) is 77.5 cm³/mol. The molecule has 116 valence electrons. The number of rotatable bonds is 4. The third kappa shape index (κ3) is 3.85. The zero-order valence-electron chi connectivity index (χ0n) is 13.0. The van der Waals surface area contributed by atoms with E-state index >= 15 is 0 Å². The molecule has 2 N–H and O–H groups in total. The fraction of sp³-hybridized carbons (Fsp3) is 0.933. The van der Waals surface area contributed by atoms with E-state index in [0.29, 0.717) is 25.1 Å². The molecule has 0 aromatic rings. The van der Waals surface area contributed by atoms with E-state index in [1.54, 1.807) is 4.90 Å². The molecule has 5 heteroatoms. The molecule has 0 aromatic heterocycles. The van der Waals surface area contributed by atoms with Gasteiger partial charge in [0.1, 0.15) is 5.60 Å². The van der Waals surface area contributed by atoms with Gasteiger partial charge in [-0.05, 0) is 53.0 Å². The maximum Gasteiger partial charge on any atom is 0.410 e. The lowest BCUT2D eigenvalue weighted by Gasteiger charge is -2.39. The van der Waals surface area contributed by atoms with Crippen LogP contribution in [0.1, 0.15) is 46.5 Å². The highest BCUT2D eigenvalue weighted by Gasteiger charge is 2.53. The largest absolute Gasteiger partial charge is 0.444 e. The Bertz CT molecular complexity index is 348. The van der Waals surface area contributed by atoms with Gasteiger partial charge < -0.3 is 20.1 Å². The van der Waals surface area contributed by atoms with Crippen molar-refractivity contribution in [3.8, 4) is 0 Å². The molecule has 20 heavy (non-hydrogen) atoms. The van der Waals surface area contributed by atoms with Crippen LogP contribution in [0.3, 0.4) is 0 Å². The number of nitrogens with zero attached hydrogens (tertiary/aromatic N) is 1. The first kappa shape index (κ1) is 15.6. The third-order valence-corrected chi connectivity index (χ3v) is 4.16. The van der Waals surface area contributed by atoms with Crippen LogP contribution in [0, 0.1) is 5.41 Å². The van der Waals surface area contributed by atoms with Gasteiger partial charge in [-0.25, -0.2) is 4.79 Å². The number of nitrogens with two attached hydrogens (primary N) is 1. The van der Waals surface area contributed by atoms with Crippen molar-refractivity contribution in [3.63, 3.8) is 0 Å². The number of amides is 1. The number of ether oxygens (including phenoxy) is 2. The Labute approximate surface area is 121 Å². The SMILES string of the molecule is CC(C)(C)OC(=O)N1CCC2(CC2)C(OCCCN)C1. The second-order valence-corrected chi connectivity index (χ2v) is 7.04. The van der Waals surface area contributed by atoms with Gasteiger partial charge >= 0.3 is 6.09 Å². The molecule has 1 spiro atoms. The predicted octanol–water partition coefficient (Wildman–Crippen LogP) is 2.14. The highest BCUT2D eigenvalue weighted by atomic mass is 16.6. The van der Waals surface area contributed by atoms with Crippen LogP contribution >= 0.6 is 0 Å². The molecule has 2 aliphatic rings. The van der Waals surface area contributed by atoms with E-state index in [2.05, 4.69) is 0 Å². The Morgan fingerprint density at radius 1 is 1.35 bits per heavy atom. The molecule has 1 aliphatic carbocycles. The first-order valence-electron chi connectivity index (χ1n) is 7.66. The minimum Gasteiger partial charge on any atom is -0.444 e. The van der Waals surface area contributed by atoms with Crippen LogP contribution in [0.4, 0.5) is 4.79 Å². The molecule has 2 fully saturated rings. The Hall–Kier alpha value is -0.810. The zero-order chi connectivity index (χ0) is 14.8. The maximum atomic E-state index is 12.1. The quantitative estimate of drug-likeness (QED) is 0.803. The average Bonchev–Trinajstić information content (AvgIpc) is 3.10. The minimum atomic E-state index is -0.443. The number of carbonyl (C=O) groups excluding carboxylic acids is 1. The van der Waals surface area contributed by atoms with Crippen molar-refractivity contribution in [3.05, 3.63) is 0 Å². The summed E-state index contributed by atoms with van der Waals surface area (Å²) in [6.45, 7) is 8.46. The molecule has 1 heterocycles. The summed E-state index contributed by atoms with van der Waals surface area (Å²) in [7, 11) is 0. The lowest BCUT2D eigenvalue weighted by atomic mass is 9.90. The molecular formula is C15H28N2O3. The second-order valence-electron chi connectivity index (χ2n) is 7.04. The molecule has 0 radical (unpaired) electrons. The molecule has 0 bridgehead atoms. The fourth-order valence-electron chi connectivity index (χ4n) is 2.77. The van der Waals surface area contributed by atoms with E-state index in [1.807, 2.05) is 20.8 Å². The van der Waals surface area contributed by atoms with Crippen molar-refractivity contribution in [2.75, 3.05) is 26.2 Å². The van der Waals surface area contributed by atoms with Gasteiger partial charge in [0.05, 0.1) is 12.6 Å². The maximum absolute atomic E-state index is 12.1. The topological polar surface area (TPSA) is 64.8 Å². The van der Waals surface area contributed by atoms with Crippen LogP contribution < -0.4 is 5.73 Å². The lowest BCUT2D eigenvalue weighted by Crippen LogP contribution is -2.50. The monoisotopic (exact) mass is 284 g/mol. The van der Waals surface area contributed by atoms with Crippen LogP contribution in [0.25, 0.3) is 0 Å². The van der Waals surface area contributed by atoms with E-state index in [9.17, 15) is 4.79 Å². The summed E-state index contributed by atoms with van der Waals surface area (Å²) >= 11 is 0. The molecule has 0 aromatic carbocycles. The van der Waals surface area contributed by atoms with Gasteiger partial charge in [-0.1, -0.05) is 0 Å². The number of carbonyl (C=O) groups is 1. The van der Waals surface area contributed by atoms with Crippen LogP contribution in [0.5, 0.6) is 0 Å². The summed E-state index contributed by atoms with van der Waals surface area (Å²) in [6, 6.07) is 0. The molecule has 1 amide bonds. The molecule has 5 nitrogen and oxygen atoms in total. The minimum absolute atomic E-state index is 0.148. The second kappa shape index (κ2) is 5.90. The highest BCUT2D eigenvalue weighted by Crippen LogP contribution is 2.54. The van der Waals surface area contributed by atoms with E-state index in [0.717, 1.165) is 19.4 Å². The standard InChI is InChI=1S/C15H28N2O3/c1-14(2,3)20-13(18)17-9-7-15(5-6-15)12(11-17)19-10-4-8-16/h12H,4-11,16H2,1-3H3. The lowest BCUT2D eigenvalue weighted by molar-refractivity contribution is -0.0552. The van der Waals surface area contributed by atoms with Crippen LogP contribution in [-0.2, 0) is 9.47 Å². The average molecular weight is 284 g/mol. The molecule has 1 unspecified atom stereocenters. The summed E-state index contributed by atoms with van der Waals surface area (Å²) in [5.41, 5.74) is 5.39. The van der Waals surface area contributed by atoms with Gasteiger partial charge in [-0.15, -0.1) is 0 Å². The van der Waals surface area contributed by atoms with Gasteiger partial charge in [-0.3, -0.25) is 0 Å². The summed E-state index contributed by atoms with van der Waals surface area (Å²) in [5.74, 6) is 0. The summed E-state index contributed by atoms with van der Waals surface area (Å²) in [5, 5.41) is 0. The molecule has 2 rings (SSSR count). The van der Waals surface area contributed by atoms with Crippen molar-refractivity contribution >= 4 is 6.09 Å².